The number of thiophene rings is 1. The third kappa shape index (κ3) is 3.93. The third-order valence-corrected chi connectivity index (χ3v) is 5.77. The van der Waals surface area contributed by atoms with Gasteiger partial charge in [0.25, 0.3) is 5.69 Å². The monoisotopic (exact) mass is 398 g/mol. The topological polar surface area (TPSA) is 87.0 Å². The van der Waals surface area contributed by atoms with E-state index in [1.54, 1.807) is 29.7 Å². The Hall–Kier alpha value is -2.91. The van der Waals surface area contributed by atoms with Gasteiger partial charge in [-0.2, -0.15) is 0 Å². The molecule has 0 aliphatic carbocycles. The van der Waals surface area contributed by atoms with E-state index in [-0.39, 0.29) is 5.69 Å². The maximum atomic E-state index is 10.8. The van der Waals surface area contributed by atoms with Crippen LogP contribution in [-0.2, 0) is 12.3 Å². The van der Waals surface area contributed by atoms with Crippen LogP contribution in [0, 0.1) is 10.1 Å². The highest BCUT2D eigenvalue weighted by molar-refractivity contribution is 7.98. The molecule has 4 aromatic rings. The summed E-state index contributed by atoms with van der Waals surface area (Å²) in [7, 11) is 0. The van der Waals surface area contributed by atoms with E-state index in [9.17, 15) is 10.1 Å². The Kier molecular flexibility index (Phi) is 5.03. The van der Waals surface area contributed by atoms with Gasteiger partial charge in [-0.05, 0) is 29.1 Å². The van der Waals surface area contributed by atoms with Gasteiger partial charge in [-0.3, -0.25) is 14.7 Å². The molecule has 0 atom stereocenters. The SMILES string of the molecule is O=[N+]([O-])c1ccc(CSc2nnc(-c3cccs3)n2Cc2ccco2)cc1. The predicted molar refractivity (Wildman–Crippen MR) is 104 cm³/mol. The molecule has 0 bridgehead atoms. The Morgan fingerprint density at radius 1 is 1.15 bits per heavy atom. The lowest BCUT2D eigenvalue weighted by Gasteiger charge is -2.08. The second kappa shape index (κ2) is 7.77. The number of rotatable bonds is 7. The average molecular weight is 398 g/mol. The molecular weight excluding hydrogens is 384 g/mol. The first-order valence-electron chi connectivity index (χ1n) is 8.06. The largest absolute Gasteiger partial charge is 0.467 e. The molecular formula is C18H14N4O3S2. The molecule has 0 N–H and O–H groups in total. The second-order valence-electron chi connectivity index (χ2n) is 5.66. The third-order valence-electron chi connectivity index (χ3n) is 3.87. The van der Waals surface area contributed by atoms with E-state index in [1.165, 1.54) is 23.9 Å². The van der Waals surface area contributed by atoms with Crippen LogP contribution >= 0.6 is 23.1 Å². The summed E-state index contributed by atoms with van der Waals surface area (Å²) >= 11 is 3.14. The van der Waals surface area contributed by atoms with Crippen molar-refractivity contribution in [3.05, 3.63) is 81.6 Å². The number of benzene rings is 1. The van der Waals surface area contributed by atoms with E-state index < -0.39 is 4.92 Å². The lowest BCUT2D eigenvalue weighted by atomic mass is 10.2. The molecule has 136 valence electrons. The quantitative estimate of drug-likeness (QED) is 0.251. The maximum absolute atomic E-state index is 10.8. The molecule has 0 aliphatic heterocycles. The van der Waals surface area contributed by atoms with Gasteiger partial charge < -0.3 is 4.42 Å². The van der Waals surface area contributed by atoms with E-state index in [0.29, 0.717) is 12.3 Å². The number of furan rings is 1. The highest BCUT2D eigenvalue weighted by Crippen LogP contribution is 2.30. The van der Waals surface area contributed by atoms with Crippen LogP contribution in [0.5, 0.6) is 0 Å². The van der Waals surface area contributed by atoms with Crippen LogP contribution in [0.3, 0.4) is 0 Å². The number of non-ortho nitro benzene ring substituents is 1. The van der Waals surface area contributed by atoms with Gasteiger partial charge in [-0.25, -0.2) is 0 Å². The molecule has 0 saturated heterocycles. The molecule has 1 aromatic carbocycles. The summed E-state index contributed by atoms with van der Waals surface area (Å²) in [4.78, 5) is 11.4. The second-order valence-corrected chi connectivity index (χ2v) is 7.55. The minimum Gasteiger partial charge on any atom is -0.467 e. The van der Waals surface area contributed by atoms with Crippen LogP contribution in [-0.4, -0.2) is 19.7 Å². The fourth-order valence-electron chi connectivity index (χ4n) is 2.55. The highest BCUT2D eigenvalue weighted by Gasteiger charge is 2.16. The molecule has 4 rings (SSSR count). The highest BCUT2D eigenvalue weighted by atomic mass is 32.2. The number of nitro benzene ring substituents is 1. The van der Waals surface area contributed by atoms with Crippen molar-refractivity contribution in [1.29, 1.82) is 0 Å². The molecule has 27 heavy (non-hydrogen) atoms. The molecule has 0 fully saturated rings. The lowest BCUT2D eigenvalue weighted by molar-refractivity contribution is -0.384. The van der Waals surface area contributed by atoms with Gasteiger partial charge in [-0.1, -0.05) is 30.0 Å². The summed E-state index contributed by atoms with van der Waals surface area (Å²) in [5.41, 5.74) is 1.07. The summed E-state index contributed by atoms with van der Waals surface area (Å²) in [6.45, 7) is 0.538. The van der Waals surface area contributed by atoms with Crippen LogP contribution in [0.4, 0.5) is 5.69 Å². The minimum absolute atomic E-state index is 0.0877. The molecule has 0 saturated carbocycles. The summed E-state index contributed by atoms with van der Waals surface area (Å²) < 4.78 is 7.51. The van der Waals surface area contributed by atoms with Crippen LogP contribution in [0.2, 0.25) is 0 Å². The first-order chi connectivity index (χ1) is 13.2. The van der Waals surface area contributed by atoms with Crippen LogP contribution in [0.1, 0.15) is 11.3 Å². The van der Waals surface area contributed by atoms with Gasteiger partial charge >= 0.3 is 0 Å². The van der Waals surface area contributed by atoms with E-state index >= 15 is 0 Å². The van der Waals surface area contributed by atoms with E-state index in [0.717, 1.165) is 27.2 Å². The molecule has 0 amide bonds. The van der Waals surface area contributed by atoms with Crippen molar-refractivity contribution in [1.82, 2.24) is 14.8 Å². The maximum Gasteiger partial charge on any atom is 0.269 e. The Balaban J connectivity index is 1.57. The fraction of sp³-hybridized carbons (Fsp3) is 0.111. The lowest BCUT2D eigenvalue weighted by Crippen LogP contribution is -2.03. The van der Waals surface area contributed by atoms with Gasteiger partial charge in [0.15, 0.2) is 11.0 Å². The van der Waals surface area contributed by atoms with Crippen molar-refractivity contribution in [2.75, 3.05) is 0 Å². The van der Waals surface area contributed by atoms with Gasteiger partial charge in [0.1, 0.15) is 5.76 Å². The van der Waals surface area contributed by atoms with Crippen LogP contribution in [0.25, 0.3) is 10.7 Å². The first-order valence-corrected chi connectivity index (χ1v) is 9.93. The van der Waals surface area contributed by atoms with Crippen molar-refractivity contribution in [2.45, 2.75) is 17.5 Å². The van der Waals surface area contributed by atoms with E-state index in [2.05, 4.69) is 10.2 Å². The zero-order valence-electron chi connectivity index (χ0n) is 14.0. The van der Waals surface area contributed by atoms with E-state index in [4.69, 9.17) is 4.42 Å². The summed E-state index contributed by atoms with van der Waals surface area (Å²) in [5.74, 6) is 2.26. The molecule has 0 unspecified atom stereocenters. The van der Waals surface area contributed by atoms with Gasteiger partial charge in [0, 0.05) is 17.9 Å². The minimum atomic E-state index is -0.399. The summed E-state index contributed by atoms with van der Waals surface area (Å²) in [6, 6.07) is 14.3. The number of aromatic nitrogens is 3. The van der Waals surface area contributed by atoms with Crippen molar-refractivity contribution in [3.63, 3.8) is 0 Å². The Morgan fingerprint density at radius 2 is 2.00 bits per heavy atom. The molecule has 7 nitrogen and oxygen atoms in total. The average Bonchev–Trinajstić information content (AvgIpc) is 3.43. The Labute approximate surface area is 162 Å². The smallest absolute Gasteiger partial charge is 0.269 e. The zero-order chi connectivity index (χ0) is 18.6. The molecule has 3 aromatic heterocycles. The van der Waals surface area contributed by atoms with Gasteiger partial charge in [-0.15, -0.1) is 21.5 Å². The predicted octanol–water partition coefficient (Wildman–Crippen LogP) is 4.85. The summed E-state index contributed by atoms with van der Waals surface area (Å²) in [6.07, 6.45) is 1.65. The van der Waals surface area contributed by atoms with Crippen LogP contribution in [0.15, 0.2) is 69.7 Å². The fourth-order valence-corrected chi connectivity index (χ4v) is 4.16. The van der Waals surface area contributed by atoms with E-state index in [1.807, 2.05) is 34.2 Å². The Bertz CT molecular complexity index is 1030. The van der Waals surface area contributed by atoms with Crippen molar-refractivity contribution >= 4 is 28.8 Å². The molecule has 0 spiro atoms. The first kappa shape index (κ1) is 17.5. The van der Waals surface area contributed by atoms with Gasteiger partial charge in [0.05, 0.1) is 22.6 Å². The normalized spacial score (nSPS) is 11.0. The van der Waals surface area contributed by atoms with Crippen molar-refractivity contribution < 1.29 is 9.34 Å². The van der Waals surface area contributed by atoms with Gasteiger partial charge in [0.2, 0.25) is 0 Å². The molecule has 3 heterocycles. The summed E-state index contributed by atoms with van der Waals surface area (Å²) in [5, 5.41) is 22.3. The number of hydrogen-bond donors (Lipinski definition) is 0. The molecule has 0 radical (unpaired) electrons. The number of nitrogens with zero attached hydrogens (tertiary/aromatic N) is 4. The standard InChI is InChI=1S/C18H14N4O3S2/c23-22(24)14-7-5-13(6-8-14)12-27-18-20-19-17(16-4-2-10-26-16)21(18)11-15-3-1-9-25-15/h1-10H,11-12H2. The molecule has 0 aliphatic rings. The van der Waals surface area contributed by atoms with Crippen molar-refractivity contribution in [3.8, 4) is 10.7 Å². The molecule has 9 heteroatoms. The number of hydrogen-bond acceptors (Lipinski definition) is 7. The van der Waals surface area contributed by atoms with Crippen LogP contribution < -0.4 is 0 Å². The number of nitro groups is 1. The Morgan fingerprint density at radius 3 is 2.67 bits per heavy atom. The zero-order valence-corrected chi connectivity index (χ0v) is 15.7. The van der Waals surface area contributed by atoms with Crippen molar-refractivity contribution in [2.24, 2.45) is 0 Å². The number of thioether (sulfide) groups is 1.